The molecule has 21 heavy (non-hydrogen) atoms. The average molecular weight is 313 g/mol. The lowest BCUT2D eigenvalue weighted by molar-refractivity contribution is -0.123. The molecule has 118 valence electrons. The van der Waals surface area contributed by atoms with E-state index in [0.717, 1.165) is 44.5 Å². The van der Waals surface area contributed by atoms with Crippen LogP contribution in [0.5, 0.6) is 5.75 Å². The third kappa shape index (κ3) is 5.56. The van der Waals surface area contributed by atoms with E-state index in [9.17, 15) is 4.79 Å². The van der Waals surface area contributed by atoms with Gasteiger partial charge in [0.15, 0.2) is 0 Å². The van der Waals surface area contributed by atoms with Crippen molar-refractivity contribution in [3.8, 4) is 5.75 Å². The van der Waals surface area contributed by atoms with Gasteiger partial charge in [-0.05, 0) is 43.4 Å². The molecule has 1 aromatic carbocycles. The van der Waals surface area contributed by atoms with Crippen LogP contribution in [0.3, 0.4) is 0 Å². The Morgan fingerprint density at radius 2 is 2.00 bits per heavy atom. The smallest absolute Gasteiger partial charge is 0.240 e. The van der Waals surface area contributed by atoms with Gasteiger partial charge in [-0.25, -0.2) is 0 Å². The Kier molecular flexibility index (Phi) is 6.99. The number of amides is 1. The Morgan fingerprint density at radius 1 is 1.33 bits per heavy atom. The van der Waals surface area contributed by atoms with E-state index in [-0.39, 0.29) is 18.3 Å². The molecule has 1 amide bonds. The predicted octanol–water partition coefficient (Wildman–Crippen LogP) is 2.44. The molecule has 1 fully saturated rings. The van der Waals surface area contributed by atoms with Gasteiger partial charge < -0.3 is 15.8 Å². The van der Waals surface area contributed by atoms with E-state index in [4.69, 9.17) is 10.5 Å². The fraction of sp³-hybridized carbons (Fsp3) is 0.562. The molecule has 0 heterocycles. The van der Waals surface area contributed by atoms with E-state index in [1.54, 1.807) is 0 Å². The van der Waals surface area contributed by atoms with Gasteiger partial charge in [-0.2, -0.15) is 0 Å². The van der Waals surface area contributed by atoms with Crippen LogP contribution in [-0.2, 0) is 11.2 Å². The first-order chi connectivity index (χ1) is 9.64. The summed E-state index contributed by atoms with van der Waals surface area (Å²) in [5.41, 5.74) is 6.44. The van der Waals surface area contributed by atoms with Crippen LogP contribution < -0.4 is 15.8 Å². The third-order valence-corrected chi connectivity index (χ3v) is 3.63. The second-order valence-corrected chi connectivity index (χ2v) is 5.51. The number of hydrogen-bond acceptors (Lipinski definition) is 3. The first kappa shape index (κ1) is 17.8. The van der Waals surface area contributed by atoms with E-state index in [1.807, 2.05) is 24.3 Å². The number of carbonyl (C=O) groups excluding carboxylic acids is 1. The molecule has 3 N–H and O–H groups in total. The number of halogens is 1. The molecule has 1 aliphatic carbocycles. The number of nitrogens with one attached hydrogen (secondary N) is 1. The summed E-state index contributed by atoms with van der Waals surface area (Å²) >= 11 is 0. The number of carbonyl (C=O) groups is 1. The van der Waals surface area contributed by atoms with Crippen LogP contribution in [0.2, 0.25) is 0 Å². The predicted molar refractivity (Wildman–Crippen MR) is 87.0 cm³/mol. The Labute approximate surface area is 132 Å². The normalized spacial score (nSPS) is 15.0. The molecule has 0 unspecified atom stereocenters. The minimum Gasteiger partial charge on any atom is -0.494 e. The van der Waals surface area contributed by atoms with Crippen LogP contribution in [0.15, 0.2) is 24.3 Å². The third-order valence-electron chi connectivity index (χ3n) is 3.63. The zero-order valence-electron chi connectivity index (χ0n) is 12.6. The average Bonchev–Trinajstić information content (AvgIpc) is 3.20. The minimum absolute atomic E-state index is 0. The zero-order chi connectivity index (χ0) is 14.4. The second kappa shape index (κ2) is 8.25. The van der Waals surface area contributed by atoms with Crippen molar-refractivity contribution in [3.05, 3.63) is 29.8 Å². The lowest BCUT2D eigenvalue weighted by Crippen LogP contribution is -2.43. The van der Waals surface area contributed by atoms with Crippen LogP contribution in [0, 0.1) is 0 Å². The molecule has 0 aromatic heterocycles. The van der Waals surface area contributed by atoms with Crippen molar-refractivity contribution in [2.24, 2.45) is 5.73 Å². The summed E-state index contributed by atoms with van der Waals surface area (Å²) in [4.78, 5) is 11.7. The molecule has 1 saturated carbocycles. The van der Waals surface area contributed by atoms with E-state index < -0.39 is 5.54 Å². The number of benzene rings is 1. The fourth-order valence-electron chi connectivity index (χ4n) is 1.94. The maximum atomic E-state index is 11.7. The first-order valence-corrected chi connectivity index (χ1v) is 7.43. The summed E-state index contributed by atoms with van der Waals surface area (Å²) in [6.45, 7) is 3.55. The van der Waals surface area contributed by atoms with Gasteiger partial charge in [0.1, 0.15) is 5.75 Å². The summed E-state index contributed by atoms with van der Waals surface area (Å²) in [5, 5.41) is 2.89. The standard InChI is InChI=1S/C16H24N2O2.ClH/c1-2-3-12-20-14-6-4-13(5-7-14)8-11-18-15(19)16(17)9-10-16;/h4-7H,2-3,8-12,17H2,1H3,(H,18,19);1H. The summed E-state index contributed by atoms with van der Waals surface area (Å²) in [6, 6.07) is 8.06. The van der Waals surface area contributed by atoms with Gasteiger partial charge in [-0.3, -0.25) is 4.79 Å². The molecule has 1 aliphatic rings. The highest BCUT2D eigenvalue weighted by Crippen LogP contribution is 2.31. The highest BCUT2D eigenvalue weighted by Gasteiger charge is 2.45. The van der Waals surface area contributed by atoms with Crippen molar-refractivity contribution < 1.29 is 9.53 Å². The molecule has 0 aliphatic heterocycles. The molecule has 4 nitrogen and oxygen atoms in total. The summed E-state index contributed by atoms with van der Waals surface area (Å²) in [6.07, 6.45) is 4.65. The number of rotatable bonds is 8. The zero-order valence-corrected chi connectivity index (χ0v) is 13.4. The molecular weight excluding hydrogens is 288 g/mol. The van der Waals surface area contributed by atoms with Gasteiger partial charge >= 0.3 is 0 Å². The van der Waals surface area contributed by atoms with Crippen molar-refractivity contribution in [2.75, 3.05) is 13.2 Å². The molecule has 5 heteroatoms. The molecule has 0 atom stereocenters. The topological polar surface area (TPSA) is 64.3 Å². The van der Waals surface area contributed by atoms with Crippen LogP contribution in [0.25, 0.3) is 0 Å². The van der Waals surface area contributed by atoms with E-state index in [0.29, 0.717) is 6.54 Å². The van der Waals surface area contributed by atoms with Crippen LogP contribution in [0.4, 0.5) is 0 Å². The van der Waals surface area contributed by atoms with Gasteiger partial charge in [-0.1, -0.05) is 25.5 Å². The van der Waals surface area contributed by atoms with Crippen molar-refractivity contribution in [3.63, 3.8) is 0 Å². The molecule has 0 spiro atoms. The lowest BCUT2D eigenvalue weighted by Gasteiger charge is -2.10. The highest BCUT2D eigenvalue weighted by atomic mass is 35.5. The highest BCUT2D eigenvalue weighted by molar-refractivity contribution is 5.88. The van der Waals surface area contributed by atoms with Crippen LogP contribution in [0.1, 0.15) is 38.2 Å². The summed E-state index contributed by atoms with van der Waals surface area (Å²) in [5.74, 6) is 0.891. The largest absolute Gasteiger partial charge is 0.494 e. The molecule has 0 bridgehead atoms. The Hall–Kier alpha value is -1.26. The maximum absolute atomic E-state index is 11.7. The van der Waals surface area contributed by atoms with Crippen molar-refractivity contribution in [1.82, 2.24) is 5.32 Å². The van der Waals surface area contributed by atoms with Crippen LogP contribution in [-0.4, -0.2) is 24.6 Å². The summed E-state index contributed by atoms with van der Waals surface area (Å²) in [7, 11) is 0. The molecule has 0 saturated heterocycles. The second-order valence-electron chi connectivity index (χ2n) is 5.51. The number of hydrogen-bond donors (Lipinski definition) is 2. The van der Waals surface area contributed by atoms with Gasteiger partial charge in [-0.15, -0.1) is 12.4 Å². The lowest BCUT2D eigenvalue weighted by atomic mass is 10.1. The monoisotopic (exact) mass is 312 g/mol. The maximum Gasteiger partial charge on any atom is 0.240 e. The summed E-state index contributed by atoms with van der Waals surface area (Å²) < 4.78 is 5.61. The van der Waals surface area contributed by atoms with E-state index in [1.165, 1.54) is 5.56 Å². The van der Waals surface area contributed by atoms with Gasteiger partial charge in [0.2, 0.25) is 5.91 Å². The number of nitrogens with two attached hydrogens (primary N) is 1. The van der Waals surface area contributed by atoms with E-state index in [2.05, 4.69) is 12.2 Å². The van der Waals surface area contributed by atoms with Crippen LogP contribution >= 0.6 is 12.4 Å². The molecule has 1 aromatic rings. The Morgan fingerprint density at radius 3 is 2.57 bits per heavy atom. The molecular formula is C16H25ClN2O2. The SMILES string of the molecule is CCCCOc1ccc(CCNC(=O)C2(N)CC2)cc1.Cl. The van der Waals surface area contributed by atoms with Gasteiger partial charge in [0.25, 0.3) is 0 Å². The first-order valence-electron chi connectivity index (χ1n) is 7.43. The van der Waals surface area contributed by atoms with Crippen molar-refractivity contribution in [2.45, 2.75) is 44.6 Å². The van der Waals surface area contributed by atoms with Crippen molar-refractivity contribution >= 4 is 18.3 Å². The molecule has 2 rings (SSSR count). The van der Waals surface area contributed by atoms with Crippen molar-refractivity contribution in [1.29, 1.82) is 0 Å². The van der Waals surface area contributed by atoms with E-state index >= 15 is 0 Å². The fourth-order valence-corrected chi connectivity index (χ4v) is 1.94. The Balaban J connectivity index is 0.00000220. The number of unbranched alkanes of at least 4 members (excludes halogenated alkanes) is 1. The van der Waals surface area contributed by atoms with Gasteiger partial charge in [0.05, 0.1) is 12.1 Å². The quantitative estimate of drug-likeness (QED) is 0.725. The number of ether oxygens (including phenoxy) is 1. The Bertz CT molecular complexity index is 444. The minimum atomic E-state index is -0.572. The molecule has 0 radical (unpaired) electrons. The van der Waals surface area contributed by atoms with Gasteiger partial charge in [0, 0.05) is 6.54 Å².